The molecule has 128 valence electrons. The lowest BCUT2D eigenvalue weighted by atomic mass is 10.2. The molecule has 0 saturated heterocycles. The van der Waals surface area contributed by atoms with Crippen LogP contribution in [0.1, 0.15) is 17.3 Å². The minimum atomic E-state index is -0.421. The molecule has 0 amide bonds. The van der Waals surface area contributed by atoms with E-state index in [0.717, 1.165) is 4.90 Å². The molecule has 0 N–H and O–H groups in total. The summed E-state index contributed by atoms with van der Waals surface area (Å²) in [5, 5.41) is 0. The average molecular weight is 356 g/mol. The summed E-state index contributed by atoms with van der Waals surface area (Å²) in [4.78, 5) is 39.1. The van der Waals surface area contributed by atoms with Crippen molar-refractivity contribution in [2.24, 2.45) is 9.98 Å². The van der Waals surface area contributed by atoms with Gasteiger partial charge in [0.1, 0.15) is 0 Å². The standard InChI is InChI=1S/C10H9NO3.C8H7NOS/c1-2-14-10(13)8-4-3-5-9(6-8)11-7-12;1-11-8-4-2-3-7(5-8)9-6-10/h3-6H,2H2,1H3;2-5H,1H3. The number of hydrogen-bond acceptors (Lipinski definition) is 7. The molecule has 0 bridgehead atoms. The Morgan fingerprint density at radius 1 is 1.04 bits per heavy atom. The third-order valence-electron chi connectivity index (χ3n) is 2.76. The molecule has 0 aromatic heterocycles. The van der Waals surface area contributed by atoms with Crippen LogP contribution in [0.3, 0.4) is 0 Å². The van der Waals surface area contributed by atoms with Gasteiger partial charge < -0.3 is 4.74 Å². The number of nitrogens with zero attached hydrogens (tertiary/aromatic N) is 2. The van der Waals surface area contributed by atoms with Crippen LogP contribution in [-0.4, -0.2) is 31.0 Å². The van der Waals surface area contributed by atoms with E-state index in [1.807, 2.05) is 24.5 Å². The van der Waals surface area contributed by atoms with E-state index in [-0.39, 0.29) is 0 Å². The zero-order valence-corrected chi connectivity index (χ0v) is 14.6. The summed E-state index contributed by atoms with van der Waals surface area (Å²) in [6, 6.07) is 13.7. The maximum Gasteiger partial charge on any atom is 0.338 e. The van der Waals surface area contributed by atoms with E-state index in [1.165, 1.54) is 18.2 Å². The van der Waals surface area contributed by atoms with Gasteiger partial charge in [-0.05, 0) is 49.6 Å². The lowest BCUT2D eigenvalue weighted by Crippen LogP contribution is -2.03. The van der Waals surface area contributed by atoms with Crippen LogP contribution >= 0.6 is 11.8 Å². The molecule has 7 heteroatoms. The minimum Gasteiger partial charge on any atom is -0.462 e. The SMILES string of the molecule is CCOC(=O)c1cccc(N=C=O)c1.CSc1cccc(N=C=O)c1. The molecular weight excluding hydrogens is 340 g/mol. The Kier molecular flexibility index (Phi) is 9.26. The summed E-state index contributed by atoms with van der Waals surface area (Å²) in [6.45, 7) is 2.05. The molecule has 0 fully saturated rings. The van der Waals surface area contributed by atoms with Gasteiger partial charge in [-0.1, -0.05) is 12.1 Å². The molecule has 25 heavy (non-hydrogen) atoms. The maximum atomic E-state index is 11.2. The van der Waals surface area contributed by atoms with Gasteiger partial charge >= 0.3 is 5.97 Å². The van der Waals surface area contributed by atoms with Crippen LogP contribution in [0, 0.1) is 0 Å². The Labute approximate surface area is 149 Å². The molecule has 2 rings (SSSR count). The first-order chi connectivity index (χ1) is 12.1. The fraction of sp³-hybridized carbons (Fsp3) is 0.167. The molecule has 0 spiro atoms. The number of carbonyl (C=O) groups excluding carboxylic acids is 3. The van der Waals surface area contributed by atoms with Crippen LogP contribution in [-0.2, 0) is 14.3 Å². The summed E-state index contributed by atoms with van der Waals surface area (Å²) >= 11 is 1.62. The Balaban J connectivity index is 0.000000257. The highest BCUT2D eigenvalue weighted by Crippen LogP contribution is 2.20. The van der Waals surface area contributed by atoms with E-state index in [4.69, 9.17) is 4.74 Å². The fourth-order valence-electron chi connectivity index (χ4n) is 1.70. The van der Waals surface area contributed by atoms with E-state index in [0.29, 0.717) is 23.5 Å². The molecule has 0 atom stereocenters. The lowest BCUT2D eigenvalue weighted by Gasteiger charge is -2.00. The molecule has 0 heterocycles. The molecule has 6 nitrogen and oxygen atoms in total. The van der Waals surface area contributed by atoms with Gasteiger partial charge in [-0.15, -0.1) is 11.8 Å². The van der Waals surface area contributed by atoms with Gasteiger partial charge in [0, 0.05) is 4.90 Å². The summed E-state index contributed by atoms with van der Waals surface area (Å²) in [5.74, 6) is -0.421. The third kappa shape index (κ3) is 7.42. The lowest BCUT2D eigenvalue weighted by molar-refractivity contribution is 0.0526. The van der Waals surface area contributed by atoms with Gasteiger partial charge in [-0.3, -0.25) is 0 Å². The molecular formula is C18H16N2O4S. The second-order valence-corrected chi connectivity index (χ2v) is 5.26. The number of thioether (sulfide) groups is 1. The first-order valence-electron chi connectivity index (χ1n) is 7.21. The van der Waals surface area contributed by atoms with E-state index in [2.05, 4.69) is 9.98 Å². The molecule has 0 aliphatic rings. The number of hydrogen-bond donors (Lipinski definition) is 0. The van der Waals surface area contributed by atoms with Crippen molar-refractivity contribution >= 4 is 41.3 Å². The van der Waals surface area contributed by atoms with Crippen LogP contribution in [0.15, 0.2) is 63.4 Å². The van der Waals surface area contributed by atoms with Crippen LogP contribution in [0.4, 0.5) is 11.4 Å². The van der Waals surface area contributed by atoms with E-state index in [9.17, 15) is 14.4 Å². The molecule has 2 aromatic carbocycles. The van der Waals surface area contributed by atoms with Gasteiger partial charge in [-0.25, -0.2) is 14.4 Å². The predicted octanol–water partition coefficient (Wildman–Crippen LogP) is 4.21. The molecule has 0 saturated carbocycles. The highest BCUT2D eigenvalue weighted by Gasteiger charge is 2.05. The van der Waals surface area contributed by atoms with Crippen molar-refractivity contribution in [3.8, 4) is 0 Å². The predicted molar refractivity (Wildman–Crippen MR) is 96.2 cm³/mol. The first-order valence-corrected chi connectivity index (χ1v) is 8.44. The average Bonchev–Trinajstić information content (AvgIpc) is 2.63. The normalized spacial score (nSPS) is 8.88. The summed E-state index contributed by atoms with van der Waals surface area (Å²) < 4.78 is 4.78. The molecule has 0 unspecified atom stereocenters. The highest BCUT2D eigenvalue weighted by atomic mass is 32.2. The van der Waals surface area contributed by atoms with Crippen molar-refractivity contribution in [1.82, 2.24) is 0 Å². The van der Waals surface area contributed by atoms with Crippen molar-refractivity contribution < 1.29 is 19.1 Å². The van der Waals surface area contributed by atoms with Gasteiger partial charge in [0.15, 0.2) is 0 Å². The number of isocyanates is 2. The van der Waals surface area contributed by atoms with Crippen molar-refractivity contribution in [3.05, 3.63) is 54.1 Å². The van der Waals surface area contributed by atoms with Crippen molar-refractivity contribution in [2.45, 2.75) is 11.8 Å². The molecule has 0 aliphatic carbocycles. The fourth-order valence-corrected chi connectivity index (χ4v) is 2.16. The number of ether oxygens (including phenoxy) is 1. The Bertz CT molecular complexity index is 810. The third-order valence-corrected chi connectivity index (χ3v) is 3.49. The molecule has 2 aromatic rings. The topological polar surface area (TPSA) is 85.2 Å². The maximum absolute atomic E-state index is 11.2. The van der Waals surface area contributed by atoms with Gasteiger partial charge in [0.2, 0.25) is 12.2 Å². The number of esters is 1. The Morgan fingerprint density at radius 2 is 1.64 bits per heavy atom. The Morgan fingerprint density at radius 3 is 2.20 bits per heavy atom. The zero-order valence-electron chi connectivity index (χ0n) is 13.8. The quantitative estimate of drug-likeness (QED) is 0.347. The summed E-state index contributed by atoms with van der Waals surface area (Å²) in [5.41, 5.74) is 1.43. The number of rotatable bonds is 5. The van der Waals surface area contributed by atoms with Crippen molar-refractivity contribution in [3.63, 3.8) is 0 Å². The smallest absolute Gasteiger partial charge is 0.338 e. The monoisotopic (exact) mass is 356 g/mol. The summed E-state index contributed by atoms with van der Waals surface area (Å²) in [6.07, 6.45) is 4.88. The van der Waals surface area contributed by atoms with Gasteiger partial charge in [0.05, 0.1) is 23.5 Å². The zero-order chi connectivity index (χ0) is 18.5. The van der Waals surface area contributed by atoms with Crippen molar-refractivity contribution in [1.29, 1.82) is 0 Å². The van der Waals surface area contributed by atoms with Crippen LogP contribution < -0.4 is 0 Å². The van der Waals surface area contributed by atoms with Crippen LogP contribution in [0.2, 0.25) is 0 Å². The number of benzene rings is 2. The van der Waals surface area contributed by atoms with Gasteiger partial charge in [0.25, 0.3) is 0 Å². The highest BCUT2D eigenvalue weighted by molar-refractivity contribution is 7.98. The number of aliphatic imine (C=N–C) groups is 2. The second kappa shape index (κ2) is 11.5. The van der Waals surface area contributed by atoms with Gasteiger partial charge in [-0.2, -0.15) is 9.98 Å². The van der Waals surface area contributed by atoms with Crippen LogP contribution in [0.25, 0.3) is 0 Å². The van der Waals surface area contributed by atoms with Crippen LogP contribution in [0.5, 0.6) is 0 Å². The Hall–Kier alpha value is -2.98. The van der Waals surface area contributed by atoms with E-state index >= 15 is 0 Å². The second-order valence-electron chi connectivity index (χ2n) is 4.38. The summed E-state index contributed by atoms with van der Waals surface area (Å²) in [7, 11) is 0. The van der Waals surface area contributed by atoms with E-state index in [1.54, 1.807) is 43.0 Å². The first kappa shape index (κ1) is 20.1. The van der Waals surface area contributed by atoms with E-state index < -0.39 is 5.97 Å². The minimum absolute atomic E-state index is 0.319. The number of carbonyl (C=O) groups is 1. The largest absolute Gasteiger partial charge is 0.462 e. The molecule has 0 radical (unpaired) electrons. The molecule has 0 aliphatic heterocycles. The van der Waals surface area contributed by atoms with Crippen molar-refractivity contribution in [2.75, 3.05) is 12.9 Å².